The topological polar surface area (TPSA) is 47.3 Å². The molecule has 0 aromatic heterocycles. The van der Waals surface area contributed by atoms with Gasteiger partial charge in [-0.1, -0.05) is 6.42 Å². The molecule has 0 aromatic carbocycles. The molecule has 1 aliphatic carbocycles. The van der Waals surface area contributed by atoms with Crippen LogP contribution < -0.4 is 11.1 Å². The fourth-order valence-electron chi connectivity index (χ4n) is 2.72. The molecule has 2 rings (SSSR count). The molecule has 3 nitrogen and oxygen atoms in total. The zero-order valence-electron chi connectivity index (χ0n) is 9.58. The summed E-state index contributed by atoms with van der Waals surface area (Å²) in [4.78, 5) is 0. The number of rotatable bonds is 4. The first-order valence-electron chi connectivity index (χ1n) is 6.41. The molecular formula is C12H24N2O. The quantitative estimate of drug-likeness (QED) is 0.738. The molecule has 0 aromatic rings. The van der Waals surface area contributed by atoms with Gasteiger partial charge in [-0.05, 0) is 44.6 Å². The molecule has 3 atom stereocenters. The molecule has 1 saturated heterocycles. The van der Waals surface area contributed by atoms with E-state index in [0.29, 0.717) is 12.1 Å². The van der Waals surface area contributed by atoms with Crippen LogP contribution in [0.3, 0.4) is 0 Å². The van der Waals surface area contributed by atoms with Crippen LogP contribution in [0.15, 0.2) is 0 Å². The molecule has 2 fully saturated rings. The van der Waals surface area contributed by atoms with Crippen LogP contribution in [0.4, 0.5) is 0 Å². The second-order valence-corrected chi connectivity index (χ2v) is 5.10. The Labute approximate surface area is 92.7 Å². The van der Waals surface area contributed by atoms with Gasteiger partial charge in [-0.15, -0.1) is 0 Å². The molecular weight excluding hydrogens is 188 g/mol. The monoisotopic (exact) mass is 212 g/mol. The van der Waals surface area contributed by atoms with Crippen molar-refractivity contribution in [3.63, 3.8) is 0 Å². The van der Waals surface area contributed by atoms with E-state index in [-0.39, 0.29) is 0 Å². The third-order valence-corrected chi connectivity index (χ3v) is 3.72. The van der Waals surface area contributed by atoms with Crippen LogP contribution in [0, 0.1) is 5.92 Å². The van der Waals surface area contributed by atoms with Crippen molar-refractivity contribution in [1.82, 2.24) is 5.32 Å². The number of nitrogens with two attached hydrogens (primary N) is 1. The van der Waals surface area contributed by atoms with Crippen molar-refractivity contribution in [1.29, 1.82) is 0 Å². The van der Waals surface area contributed by atoms with Gasteiger partial charge >= 0.3 is 0 Å². The van der Waals surface area contributed by atoms with Crippen LogP contribution in [-0.2, 0) is 4.74 Å². The summed E-state index contributed by atoms with van der Waals surface area (Å²) in [5, 5.41) is 3.64. The predicted molar refractivity (Wildman–Crippen MR) is 61.8 cm³/mol. The minimum atomic E-state index is 0.436. The van der Waals surface area contributed by atoms with E-state index in [1.165, 1.54) is 38.5 Å². The fraction of sp³-hybridized carbons (Fsp3) is 1.00. The van der Waals surface area contributed by atoms with Gasteiger partial charge in [0.2, 0.25) is 0 Å². The number of nitrogens with one attached hydrogen (secondary N) is 1. The highest BCUT2D eigenvalue weighted by Gasteiger charge is 2.19. The Balaban J connectivity index is 1.56. The average molecular weight is 212 g/mol. The Morgan fingerprint density at radius 1 is 1.27 bits per heavy atom. The molecule has 1 saturated carbocycles. The first kappa shape index (κ1) is 11.4. The molecule has 0 radical (unpaired) electrons. The van der Waals surface area contributed by atoms with E-state index in [9.17, 15) is 0 Å². The van der Waals surface area contributed by atoms with Crippen molar-refractivity contribution < 1.29 is 4.74 Å². The maximum atomic E-state index is 5.96. The van der Waals surface area contributed by atoms with Crippen LogP contribution in [0.5, 0.6) is 0 Å². The van der Waals surface area contributed by atoms with Gasteiger partial charge in [0, 0.05) is 25.3 Å². The number of hydrogen-bond donors (Lipinski definition) is 2. The summed E-state index contributed by atoms with van der Waals surface area (Å²) < 4.78 is 5.37. The smallest absolute Gasteiger partial charge is 0.0495 e. The molecule has 15 heavy (non-hydrogen) atoms. The minimum Gasteiger partial charge on any atom is -0.381 e. The fourth-order valence-corrected chi connectivity index (χ4v) is 2.72. The average Bonchev–Trinajstić information content (AvgIpc) is 2.71. The third kappa shape index (κ3) is 3.74. The Morgan fingerprint density at radius 2 is 2.20 bits per heavy atom. The maximum Gasteiger partial charge on any atom is 0.0495 e. The summed E-state index contributed by atoms with van der Waals surface area (Å²) >= 11 is 0. The van der Waals surface area contributed by atoms with Crippen LogP contribution in [0.25, 0.3) is 0 Å². The van der Waals surface area contributed by atoms with Gasteiger partial charge in [0.25, 0.3) is 0 Å². The highest BCUT2D eigenvalue weighted by molar-refractivity contribution is 4.80. The summed E-state index contributed by atoms with van der Waals surface area (Å²) in [7, 11) is 0. The summed E-state index contributed by atoms with van der Waals surface area (Å²) in [6.07, 6.45) is 7.52. The molecule has 88 valence electrons. The maximum absolute atomic E-state index is 5.96. The Bertz CT molecular complexity index is 180. The van der Waals surface area contributed by atoms with Gasteiger partial charge in [-0.25, -0.2) is 0 Å². The highest BCUT2D eigenvalue weighted by atomic mass is 16.5. The molecule has 0 bridgehead atoms. The first-order chi connectivity index (χ1) is 7.34. The van der Waals surface area contributed by atoms with E-state index in [1.54, 1.807) is 0 Å². The lowest BCUT2D eigenvalue weighted by Crippen LogP contribution is -2.40. The third-order valence-electron chi connectivity index (χ3n) is 3.72. The lowest BCUT2D eigenvalue weighted by molar-refractivity contribution is 0.183. The van der Waals surface area contributed by atoms with Crippen molar-refractivity contribution in [3.05, 3.63) is 0 Å². The minimum absolute atomic E-state index is 0.436. The van der Waals surface area contributed by atoms with Gasteiger partial charge in [-0.2, -0.15) is 0 Å². The Morgan fingerprint density at radius 3 is 2.93 bits per heavy atom. The normalized spacial score (nSPS) is 37.0. The Kier molecular flexibility index (Phi) is 4.42. The van der Waals surface area contributed by atoms with Crippen molar-refractivity contribution in [2.45, 2.75) is 50.6 Å². The van der Waals surface area contributed by atoms with Crippen LogP contribution in [0.1, 0.15) is 38.5 Å². The van der Waals surface area contributed by atoms with Gasteiger partial charge in [-0.3, -0.25) is 0 Å². The van der Waals surface area contributed by atoms with Crippen molar-refractivity contribution in [2.24, 2.45) is 11.7 Å². The van der Waals surface area contributed by atoms with E-state index in [4.69, 9.17) is 10.5 Å². The molecule has 2 aliphatic rings. The standard InChI is InChI=1S/C12H24N2O/c13-11-2-1-3-12(8-11)14-6-4-10-5-7-15-9-10/h10-12,14H,1-9,13H2. The van der Waals surface area contributed by atoms with Gasteiger partial charge in [0.05, 0.1) is 0 Å². The molecule has 3 N–H and O–H groups in total. The summed E-state index contributed by atoms with van der Waals surface area (Å²) in [5.74, 6) is 0.801. The number of ether oxygens (including phenoxy) is 1. The van der Waals surface area contributed by atoms with Crippen LogP contribution in [0.2, 0.25) is 0 Å². The van der Waals surface area contributed by atoms with Crippen molar-refractivity contribution >= 4 is 0 Å². The second-order valence-electron chi connectivity index (χ2n) is 5.10. The van der Waals surface area contributed by atoms with Gasteiger partial charge in [0.1, 0.15) is 0 Å². The van der Waals surface area contributed by atoms with E-state index < -0.39 is 0 Å². The molecule has 0 spiro atoms. The molecule has 3 heteroatoms. The predicted octanol–water partition coefficient (Wildman–Crippen LogP) is 1.27. The largest absolute Gasteiger partial charge is 0.381 e. The summed E-state index contributed by atoms with van der Waals surface area (Å²) in [6.45, 7) is 3.09. The zero-order valence-corrected chi connectivity index (χ0v) is 9.58. The highest BCUT2D eigenvalue weighted by Crippen LogP contribution is 2.18. The zero-order chi connectivity index (χ0) is 10.5. The van der Waals surface area contributed by atoms with E-state index in [0.717, 1.165) is 25.7 Å². The lowest BCUT2D eigenvalue weighted by atomic mass is 9.91. The van der Waals surface area contributed by atoms with Gasteiger partial charge < -0.3 is 15.8 Å². The van der Waals surface area contributed by atoms with E-state index in [2.05, 4.69) is 5.32 Å². The molecule has 1 heterocycles. The van der Waals surface area contributed by atoms with Crippen LogP contribution >= 0.6 is 0 Å². The van der Waals surface area contributed by atoms with E-state index >= 15 is 0 Å². The summed E-state index contributed by atoms with van der Waals surface area (Å²) in [5.41, 5.74) is 5.96. The number of hydrogen-bond acceptors (Lipinski definition) is 3. The molecule has 0 amide bonds. The van der Waals surface area contributed by atoms with E-state index in [1.807, 2.05) is 0 Å². The van der Waals surface area contributed by atoms with Crippen LogP contribution in [-0.4, -0.2) is 31.8 Å². The lowest BCUT2D eigenvalue weighted by Gasteiger charge is -2.27. The van der Waals surface area contributed by atoms with Gasteiger partial charge in [0.15, 0.2) is 0 Å². The molecule has 3 unspecified atom stereocenters. The van der Waals surface area contributed by atoms with Crippen molar-refractivity contribution in [2.75, 3.05) is 19.8 Å². The summed E-state index contributed by atoms with van der Waals surface area (Å²) in [6, 6.07) is 1.11. The second kappa shape index (κ2) is 5.83. The molecule has 1 aliphatic heterocycles. The SMILES string of the molecule is NC1CCCC(NCCC2CCOC2)C1. The van der Waals surface area contributed by atoms with Crippen molar-refractivity contribution in [3.8, 4) is 0 Å². The first-order valence-corrected chi connectivity index (χ1v) is 6.41. The Hall–Kier alpha value is -0.120.